The maximum absolute atomic E-state index is 14.8. The lowest BCUT2D eigenvalue weighted by atomic mass is 9.73. The van der Waals surface area contributed by atoms with Crippen LogP contribution in [-0.4, -0.2) is 46.9 Å². The number of hydrogen-bond acceptors (Lipinski definition) is 8. The zero-order valence-electron chi connectivity index (χ0n) is 25.2. The van der Waals surface area contributed by atoms with Crippen LogP contribution in [0.1, 0.15) is 63.6 Å². The summed E-state index contributed by atoms with van der Waals surface area (Å²) in [6.07, 6.45) is 4.86. The number of hydrogen-bond donors (Lipinski definition) is 1. The molecule has 1 aliphatic heterocycles. The van der Waals surface area contributed by atoms with Crippen LogP contribution in [0.25, 0.3) is 11.3 Å². The van der Waals surface area contributed by atoms with Gasteiger partial charge in [0.2, 0.25) is 27.7 Å². The molecule has 2 atom stereocenters. The lowest BCUT2D eigenvalue weighted by molar-refractivity contribution is -0.123. The number of pyridine rings is 1. The molecule has 1 fully saturated rings. The van der Waals surface area contributed by atoms with E-state index in [1.165, 1.54) is 16.8 Å². The number of carbonyl (C=O) groups is 1. The Morgan fingerprint density at radius 3 is 2.73 bits per heavy atom. The average molecular weight is 625 g/mol. The molecule has 2 unspecified atom stereocenters. The average Bonchev–Trinajstić information content (AvgIpc) is 3.42. The van der Waals surface area contributed by atoms with E-state index in [-0.39, 0.29) is 54.6 Å². The van der Waals surface area contributed by atoms with Gasteiger partial charge in [-0.3, -0.25) is 9.59 Å². The second-order valence-electron chi connectivity index (χ2n) is 11.9. The number of aryl methyl sites for hydroxylation is 1. The largest absolute Gasteiger partial charge is 0.454 e. The van der Waals surface area contributed by atoms with E-state index in [4.69, 9.17) is 9.47 Å². The van der Waals surface area contributed by atoms with Crippen LogP contribution in [0.4, 0.5) is 4.39 Å². The van der Waals surface area contributed by atoms with Crippen molar-refractivity contribution in [1.82, 2.24) is 19.9 Å². The fourth-order valence-corrected chi connectivity index (χ4v) is 7.33. The van der Waals surface area contributed by atoms with E-state index in [9.17, 15) is 22.4 Å². The minimum Gasteiger partial charge on any atom is -0.454 e. The van der Waals surface area contributed by atoms with Crippen LogP contribution in [0.2, 0.25) is 0 Å². The highest BCUT2D eigenvalue weighted by molar-refractivity contribution is 7.91. The molecule has 1 amide bonds. The highest BCUT2D eigenvalue weighted by Gasteiger charge is 2.36. The molecular formula is C32H37FN4O6S. The highest BCUT2D eigenvalue weighted by Crippen LogP contribution is 2.37. The molecule has 3 heterocycles. The Bertz CT molecular complexity index is 1770. The first-order valence-corrected chi connectivity index (χ1v) is 16.4. The van der Waals surface area contributed by atoms with Crippen LogP contribution >= 0.6 is 0 Å². The Labute approximate surface area is 256 Å². The van der Waals surface area contributed by atoms with Gasteiger partial charge >= 0.3 is 0 Å². The topological polar surface area (TPSA) is 129 Å². The highest BCUT2D eigenvalue weighted by atomic mass is 32.2. The van der Waals surface area contributed by atoms with E-state index < -0.39 is 26.4 Å². The van der Waals surface area contributed by atoms with Gasteiger partial charge in [0, 0.05) is 29.4 Å². The molecule has 0 saturated heterocycles. The molecular weight excluding hydrogens is 587 g/mol. The molecule has 10 nitrogen and oxygen atoms in total. The van der Waals surface area contributed by atoms with E-state index in [1.807, 2.05) is 6.92 Å². The van der Waals surface area contributed by atoms with Gasteiger partial charge in [0.05, 0.1) is 18.0 Å². The molecule has 1 aliphatic carbocycles. The van der Waals surface area contributed by atoms with Crippen molar-refractivity contribution in [3.8, 4) is 22.8 Å². The Kier molecular flexibility index (Phi) is 8.92. The summed E-state index contributed by atoms with van der Waals surface area (Å²) in [5.74, 6) is 0.00246. The molecule has 44 heavy (non-hydrogen) atoms. The Morgan fingerprint density at radius 1 is 1.20 bits per heavy atom. The van der Waals surface area contributed by atoms with Gasteiger partial charge in [-0.2, -0.15) is 0 Å². The molecule has 0 bridgehead atoms. The third-order valence-corrected chi connectivity index (χ3v) is 9.67. The first kappa shape index (κ1) is 31.4. The van der Waals surface area contributed by atoms with Crippen LogP contribution in [-0.2, 0) is 21.2 Å². The van der Waals surface area contributed by atoms with Crippen LogP contribution in [0.3, 0.4) is 0 Å². The number of sulfone groups is 1. The molecule has 0 radical (unpaired) electrons. The van der Waals surface area contributed by atoms with Gasteiger partial charge < -0.3 is 19.4 Å². The van der Waals surface area contributed by atoms with Gasteiger partial charge in [0.15, 0.2) is 17.3 Å². The van der Waals surface area contributed by atoms with Gasteiger partial charge in [0.1, 0.15) is 0 Å². The normalized spacial score (nSPS) is 19.6. The molecule has 2 aliphatic rings. The predicted octanol–water partition coefficient (Wildman–Crippen LogP) is 4.72. The third-order valence-electron chi connectivity index (χ3n) is 8.10. The zero-order chi connectivity index (χ0) is 31.6. The Balaban J connectivity index is 1.30. The summed E-state index contributed by atoms with van der Waals surface area (Å²) in [5, 5.41) is 2.74. The zero-order valence-corrected chi connectivity index (χ0v) is 26.0. The van der Waals surface area contributed by atoms with E-state index >= 15 is 0 Å². The summed E-state index contributed by atoms with van der Waals surface area (Å²) in [6, 6.07) is 7.74. The molecule has 0 spiro atoms. The lowest BCUT2D eigenvalue weighted by Gasteiger charge is -2.41. The van der Waals surface area contributed by atoms with Crippen molar-refractivity contribution in [2.45, 2.75) is 76.5 Å². The van der Waals surface area contributed by atoms with Crippen molar-refractivity contribution in [1.29, 1.82) is 0 Å². The number of amides is 1. The summed E-state index contributed by atoms with van der Waals surface area (Å²) < 4.78 is 53.2. The molecule has 1 saturated carbocycles. The van der Waals surface area contributed by atoms with Crippen LogP contribution in [0, 0.1) is 18.7 Å². The first-order chi connectivity index (χ1) is 20.9. The van der Waals surface area contributed by atoms with Crippen molar-refractivity contribution < 1.29 is 27.1 Å². The standard InChI is InChI=1S/C32H37FN4O6S/c1-5-32(15-20(2)11-21(3)16-32)36-29(38)7-6-10-44(40,41)31-34-22(4)12-26(35-31)24-14-25(33)30(39)37(18-24)17-23-8-9-27-28(13-23)43-19-42-27/h8-9,12-14,18,21H,2,5-7,10-11,15-17,19H2,1,3-4H3,(H,36,38). The quantitative estimate of drug-likeness (QED) is 0.253. The lowest BCUT2D eigenvalue weighted by Crippen LogP contribution is -2.51. The summed E-state index contributed by atoms with van der Waals surface area (Å²) in [5.41, 5.74) is 1.35. The molecule has 1 aromatic carbocycles. The fourth-order valence-electron chi connectivity index (χ4n) is 6.10. The number of carbonyl (C=O) groups excluding carboxylic acids is 1. The number of fused-ring (bicyclic) bond motifs is 1. The number of aromatic nitrogens is 3. The van der Waals surface area contributed by atoms with Crippen molar-refractivity contribution >= 4 is 15.7 Å². The molecule has 234 valence electrons. The first-order valence-electron chi connectivity index (χ1n) is 14.7. The summed E-state index contributed by atoms with van der Waals surface area (Å²) in [6.45, 7) is 10.1. The van der Waals surface area contributed by atoms with Crippen molar-refractivity contribution in [2.24, 2.45) is 5.92 Å². The van der Waals surface area contributed by atoms with E-state index in [0.717, 1.165) is 37.3 Å². The van der Waals surface area contributed by atoms with E-state index in [1.54, 1.807) is 25.1 Å². The molecule has 12 heteroatoms. The number of nitrogens with one attached hydrogen (secondary N) is 1. The van der Waals surface area contributed by atoms with Crippen molar-refractivity contribution in [3.63, 3.8) is 0 Å². The second-order valence-corrected chi connectivity index (χ2v) is 13.9. The summed E-state index contributed by atoms with van der Waals surface area (Å²) >= 11 is 0. The fraction of sp³-hybridized carbons (Fsp3) is 0.438. The smallest absolute Gasteiger partial charge is 0.286 e. The van der Waals surface area contributed by atoms with Gasteiger partial charge in [-0.25, -0.2) is 22.8 Å². The summed E-state index contributed by atoms with van der Waals surface area (Å²) in [7, 11) is -3.97. The number of ether oxygens (including phenoxy) is 2. The third kappa shape index (κ3) is 7.01. The van der Waals surface area contributed by atoms with Crippen molar-refractivity contribution in [3.05, 3.63) is 76.1 Å². The van der Waals surface area contributed by atoms with Crippen molar-refractivity contribution in [2.75, 3.05) is 12.5 Å². The van der Waals surface area contributed by atoms with E-state index in [0.29, 0.717) is 28.7 Å². The predicted molar refractivity (Wildman–Crippen MR) is 163 cm³/mol. The molecule has 5 rings (SSSR count). The number of halogens is 1. The van der Waals surface area contributed by atoms with Gasteiger partial charge in [-0.05, 0) is 74.8 Å². The van der Waals surface area contributed by atoms with Crippen LogP contribution in [0.5, 0.6) is 11.5 Å². The summed E-state index contributed by atoms with van der Waals surface area (Å²) in [4.78, 5) is 33.8. The Morgan fingerprint density at radius 2 is 1.98 bits per heavy atom. The minimum absolute atomic E-state index is 0.0382. The van der Waals surface area contributed by atoms with Gasteiger partial charge in [0.25, 0.3) is 5.56 Å². The van der Waals surface area contributed by atoms with Crippen LogP contribution < -0.4 is 20.3 Å². The number of nitrogens with zero attached hydrogens (tertiary/aromatic N) is 3. The molecule has 3 aromatic rings. The molecule has 1 N–H and O–H groups in total. The monoisotopic (exact) mass is 624 g/mol. The van der Waals surface area contributed by atoms with Crippen LogP contribution in [0.15, 0.2) is 58.6 Å². The minimum atomic E-state index is -3.97. The number of benzene rings is 1. The maximum atomic E-state index is 14.8. The van der Waals surface area contributed by atoms with Gasteiger partial charge in [-0.1, -0.05) is 32.1 Å². The molecule has 2 aromatic heterocycles. The van der Waals surface area contributed by atoms with Gasteiger partial charge in [-0.15, -0.1) is 0 Å². The Hall–Kier alpha value is -4.06. The number of rotatable bonds is 10. The SMILES string of the molecule is C=C1CC(C)CC(CC)(NC(=O)CCCS(=O)(=O)c2nc(C)cc(-c3cc(F)c(=O)n(Cc4ccc5c(c4)OCO5)c3)n2)C1. The maximum Gasteiger partial charge on any atom is 0.286 e. The second kappa shape index (κ2) is 12.5. The van der Waals surface area contributed by atoms with E-state index in [2.05, 4.69) is 28.8 Å².